The molecule has 0 saturated carbocycles. The Hall–Kier alpha value is -0.670. The summed E-state index contributed by atoms with van der Waals surface area (Å²) in [6, 6.07) is 4.34. The summed E-state index contributed by atoms with van der Waals surface area (Å²) < 4.78 is 6.69. The molecule has 0 bridgehead atoms. The van der Waals surface area contributed by atoms with Gasteiger partial charge < -0.3 is 4.74 Å². The molecule has 0 radical (unpaired) electrons. The second-order valence-electron chi connectivity index (χ2n) is 3.12. The van der Waals surface area contributed by atoms with E-state index in [0.29, 0.717) is 0 Å². The van der Waals surface area contributed by atoms with Gasteiger partial charge in [-0.15, -0.1) is 23.1 Å². The molecular weight excluding hydrogens is 212 g/mol. The summed E-state index contributed by atoms with van der Waals surface area (Å²) in [5, 5.41) is 3.50. The molecule has 2 aromatic rings. The molecule has 1 heterocycles. The molecule has 1 aromatic heterocycles. The van der Waals surface area contributed by atoms with Gasteiger partial charge in [0, 0.05) is 4.70 Å². The highest BCUT2D eigenvalue weighted by atomic mass is 32.2. The van der Waals surface area contributed by atoms with E-state index in [-0.39, 0.29) is 0 Å². The van der Waals surface area contributed by atoms with Crippen LogP contribution in [-0.2, 0) is 0 Å². The predicted molar refractivity (Wildman–Crippen MR) is 64.9 cm³/mol. The average molecular weight is 224 g/mol. The van der Waals surface area contributed by atoms with Crippen molar-refractivity contribution in [3.63, 3.8) is 0 Å². The van der Waals surface area contributed by atoms with E-state index >= 15 is 0 Å². The number of aryl methyl sites for hydroxylation is 1. The van der Waals surface area contributed by atoms with Gasteiger partial charge in [-0.1, -0.05) is 0 Å². The molecule has 0 aliphatic heterocycles. The van der Waals surface area contributed by atoms with Crippen molar-refractivity contribution in [2.75, 3.05) is 13.4 Å². The zero-order valence-corrected chi connectivity index (χ0v) is 10.1. The van der Waals surface area contributed by atoms with Gasteiger partial charge in [-0.05, 0) is 41.6 Å². The predicted octanol–water partition coefficient (Wildman–Crippen LogP) is 3.94. The number of ether oxygens (including phenoxy) is 1. The van der Waals surface area contributed by atoms with E-state index < -0.39 is 0 Å². The number of thiophene rings is 1. The third-order valence-corrected chi connectivity index (χ3v) is 4.10. The van der Waals surface area contributed by atoms with E-state index in [9.17, 15) is 0 Å². The minimum absolute atomic E-state index is 0.978. The van der Waals surface area contributed by atoms with Gasteiger partial charge in [0.15, 0.2) is 0 Å². The van der Waals surface area contributed by atoms with Crippen LogP contribution in [0.25, 0.3) is 10.1 Å². The standard InChI is InChI=1S/C11H12OS2/c1-7-6-14-10-5-11(13-3)9(12-2)4-8(7)10/h4-6H,1-3H3. The fourth-order valence-electron chi connectivity index (χ4n) is 1.48. The lowest BCUT2D eigenvalue weighted by atomic mass is 10.2. The fourth-order valence-corrected chi connectivity index (χ4v) is 3.10. The number of hydrogen-bond donors (Lipinski definition) is 0. The molecule has 0 unspecified atom stereocenters. The molecule has 0 saturated heterocycles. The monoisotopic (exact) mass is 224 g/mol. The van der Waals surface area contributed by atoms with Gasteiger partial charge in [0.2, 0.25) is 0 Å². The van der Waals surface area contributed by atoms with Crippen LogP contribution in [0.4, 0.5) is 0 Å². The number of methoxy groups -OCH3 is 1. The molecule has 74 valence electrons. The van der Waals surface area contributed by atoms with Crippen molar-refractivity contribution in [3.8, 4) is 5.75 Å². The van der Waals surface area contributed by atoms with Gasteiger partial charge in [0.25, 0.3) is 0 Å². The normalized spacial score (nSPS) is 10.8. The van der Waals surface area contributed by atoms with Crippen LogP contribution in [0.1, 0.15) is 5.56 Å². The van der Waals surface area contributed by atoms with Crippen molar-refractivity contribution in [3.05, 3.63) is 23.1 Å². The van der Waals surface area contributed by atoms with Gasteiger partial charge in [0.05, 0.1) is 12.0 Å². The van der Waals surface area contributed by atoms with E-state index in [1.807, 2.05) is 0 Å². The minimum atomic E-state index is 0.978. The molecule has 3 heteroatoms. The highest BCUT2D eigenvalue weighted by Crippen LogP contribution is 2.36. The van der Waals surface area contributed by atoms with Gasteiger partial charge in [-0.3, -0.25) is 0 Å². The molecule has 0 fully saturated rings. The Labute approximate surface area is 92.1 Å². The lowest BCUT2D eigenvalue weighted by Crippen LogP contribution is -1.85. The first-order chi connectivity index (χ1) is 6.76. The van der Waals surface area contributed by atoms with Crippen LogP contribution >= 0.6 is 23.1 Å². The van der Waals surface area contributed by atoms with Gasteiger partial charge in [-0.2, -0.15) is 0 Å². The maximum atomic E-state index is 5.35. The maximum absolute atomic E-state index is 5.35. The van der Waals surface area contributed by atoms with Crippen molar-refractivity contribution >= 4 is 33.2 Å². The third kappa shape index (κ3) is 1.51. The third-order valence-electron chi connectivity index (χ3n) is 2.27. The van der Waals surface area contributed by atoms with E-state index in [4.69, 9.17) is 4.74 Å². The topological polar surface area (TPSA) is 9.23 Å². The van der Waals surface area contributed by atoms with E-state index in [0.717, 1.165) is 5.75 Å². The molecule has 0 amide bonds. The summed E-state index contributed by atoms with van der Waals surface area (Å²) in [6.07, 6.45) is 2.07. The average Bonchev–Trinajstić information content (AvgIpc) is 2.58. The first kappa shape index (κ1) is 9.87. The molecule has 0 aliphatic carbocycles. The summed E-state index contributed by atoms with van der Waals surface area (Å²) in [4.78, 5) is 1.21. The van der Waals surface area contributed by atoms with Crippen molar-refractivity contribution < 1.29 is 4.74 Å². The second kappa shape index (κ2) is 3.83. The molecule has 14 heavy (non-hydrogen) atoms. The Morgan fingerprint density at radius 1 is 1.36 bits per heavy atom. The van der Waals surface area contributed by atoms with Gasteiger partial charge in [0.1, 0.15) is 5.75 Å². The van der Waals surface area contributed by atoms with Crippen molar-refractivity contribution in [1.82, 2.24) is 0 Å². The number of fused-ring (bicyclic) bond motifs is 1. The molecule has 1 aromatic carbocycles. The van der Waals surface area contributed by atoms with Crippen molar-refractivity contribution in [2.45, 2.75) is 11.8 Å². The first-order valence-corrected chi connectivity index (χ1v) is 6.46. The Balaban J connectivity index is 2.71. The largest absolute Gasteiger partial charge is 0.496 e. The molecule has 2 rings (SSSR count). The van der Waals surface area contributed by atoms with Gasteiger partial charge >= 0.3 is 0 Å². The fraction of sp³-hybridized carbons (Fsp3) is 0.273. The van der Waals surface area contributed by atoms with E-state index in [1.54, 1.807) is 30.2 Å². The summed E-state index contributed by atoms with van der Waals surface area (Å²) in [7, 11) is 1.72. The van der Waals surface area contributed by atoms with Crippen LogP contribution in [0.2, 0.25) is 0 Å². The van der Waals surface area contributed by atoms with Gasteiger partial charge in [-0.25, -0.2) is 0 Å². The minimum Gasteiger partial charge on any atom is -0.496 e. The SMILES string of the molecule is COc1cc2c(C)csc2cc1SC. The zero-order chi connectivity index (χ0) is 10.1. The second-order valence-corrected chi connectivity index (χ2v) is 4.88. The van der Waals surface area contributed by atoms with Crippen LogP contribution in [0, 0.1) is 6.92 Å². The summed E-state index contributed by atoms with van der Waals surface area (Å²) in [6.45, 7) is 2.14. The maximum Gasteiger partial charge on any atom is 0.133 e. The number of hydrogen-bond acceptors (Lipinski definition) is 3. The molecule has 1 nitrogen and oxygen atoms in total. The lowest BCUT2D eigenvalue weighted by Gasteiger charge is -2.06. The zero-order valence-electron chi connectivity index (χ0n) is 8.46. The van der Waals surface area contributed by atoms with E-state index in [2.05, 4.69) is 30.7 Å². The van der Waals surface area contributed by atoms with E-state index in [1.165, 1.54) is 20.5 Å². The Kier molecular flexibility index (Phi) is 2.70. The molecule has 0 spiro atoms. The van der Waals surface area contributed by atoms with Crippen molar-refractivity contribution in [2.24, 2.45) is 0 Å². The Bertz CT molecular complexity index is 460. The molecule has 0 aliphatic rings. The highest BCUT2D eigenvalue weighted by Gasteiger charge is 2.07. The number of thioether (sulfide) groups is 1. The summed E-state index contributed by atoms with van der Waals surface area (Å²) in [5.41, 5.74) is 1.33. The number of benzene rings is 1. The highest BCUT2D eigenvalue weighted by molar-refractivity contribution is 7.98. The smallest absolute Gasteiger partial charge is 0.133 e. The Morgan fingerprint density at radius 3 is 2.79 bits per heavy atom. The molecular formula is C11H12OS2. The molecule has 0 atom stereocenters. The van der Waals surface area contributed by atoms with Crippen molar-refractivity contribution in [1.29, 1.82) is 0 Å². The van der Waals surface area contributed by atoms with Crippen LogP contribution in [-0.4, -0.2) is 13.4 Å². The quantitative estimate of drug-likeness (QED) is 0.715. The van der Waals surface area contributed by atoms with Crippen LogP contribution in [0.3, 0.4) is 0 Å². The van der Waals surface area contributed by atoms with Crippen LogP contribution < -0.4 is 4.74 Å². The number of rotatable bonds is 2. The molecule has 0 N–H and O–H groups in total. The Morgan fingerprint density at radius 2 is 2.14 bits per heavy atom. The lowest BCUT2D eigenvalue weighted by molar-refractivity contribution is 0.405. The van der Waals surface area contributed by atoms with Crippen LogP contribution in [0.15, 0.2) is 22.4 Å². The summed E-state index contributed by atoms with van der Waals surface area (Å²) >= 11 is 3.52. The first-order valence-electron chi connectivity index (χ1n) is 4.36. The summed E-state index contributed by atoms with van der Waals surface area (Å²) in [5.74, 6) is 0.978. The van der Waals surface area contributed by atoms with Crippen LogP contribution in [0.5, 0.6) is 5.75 Å².